The molecule has 0 bridgehead atoms. The lowest BCUT2D eigenvalue weighted by atomic mass is 10.2. The summed E-state index contributed by atoms with van der Waals surface area (Å²) in [4.78, 5) is 22.1. The molecule has 5 aromatic rings. The van der Waals surface area contributed by atoms with E-state index in [-0.39, 0.29) is 11.5 Å². The van der Waals surface area contributed by atoms with Gasteiger partial charge in [-0.2, -0.15) is 0 Å². The van der Waals surface area contributed by atoms with Crippen LogP contribution in [0, 0.1) is 0 Å². The molecule has 0 fully saturated rings. The van der Waals surface area contributed by atoms with Crippen molar-refractivity contribution in [2.45, 2.75) is 0 Å². The fraction of sp³-hybridized carbons (Fsp3) is 0.0800. The lowest BCUT2D eigenvalue weighted by Crippen LogP contribution is -2.22. The average molecular weight is 454 g/mol. The van der Waals surface area contributed by atoms with Crippen LogP contribution in [0.5, 0.6) is 17.2 Å². The van der Waals surface area contributed by atoms with Gasteiger partial charge in [-0.1, -0.05) is 6.07 Å². The summed E-state index contributed by atoms with van der Waals surface area (Å²) < 4.78 is 14.1. The summed E-state index contributed by atoms with van der Waals surface area (Å²) in [5, 5.41) is 3.09. The van der Waals surface area contributed by atoms with E-state index in [1.165, 1.54) is 15.5 Å². The van der Waals surface area contributed by atoms with Crippen LogP contribution in [0.3, 0.4) is 0 Å². The summed E-state index contributed by atoms with van der Waals surface area (Å²) in [6, 6.07) is 21.9. The molecule has 0 aliphatic carbocycles. The Morgan fingerprint density at radius 1 is 0.853 bits per heavy atom. The number of ether oxygens (including phenoxy) is 2. The first kappa shape index (κ1) is 21.1. The number of hydrogen-bond acceptors (Lipinski definition) is 7. The highest BCUT2D eigenvalue weighted by atomic mass is 16.5. The Kier molecular flexibility index (Phi) is 5.35. The van der Waals surface area contributed by atoms with Crippen molar-refractivity contribution in [1.29, 1.82) is 0 Å². The molecule has 0 unspecified atom stereocenters. The molecule has 9 heteroatoms. The quantitative estimate of drug-likeness (QED) is 0.399. The monoisotopic (exact) mass is 454 g/mol. The van der Waals surface area contributed by atoms with Crippen LogP contribution >= 0.6 is 0 Å². The largest absolute Gasteiger partial charge is 0.497 e. The van der Waals surface area contributed by atoms with Gasteiger partial charge in [-0.15, -0.1) is 0 Å². The van der Waals surface area contributed by atoms with E-state index in [1.807, 2.05) is 55.6 Å². The highest BCUT2D eigenvalue weighted by Crippen LogP contribution is 2.27. The number of aromatic nitrogens is 4. The van der Waals surface area contributed by atoms with E-state index in [9.17, 15) is 4.79 Å². The van der Waals surface area contributed by atoms with Crippen molar-refractivity contribution in [2.75, 3.05) is 25.2 Å². The van der Waals surface area contributed by atoms with Crippen LogP contribution in [0.2, 0.25) is 0 Å². The minimum absolute atomic E-state index is 0.212. The molecule has 0 aliphatic rings. The molecule has 2 aromatic heterocycles. The van der Waals surface area contributed by atoms with Gasteiger partial charge < -0.3 is 20.5 Å². The predicted octanol–water partition coefficient (Wildman–Crippen LogP) is 4.00. The van der Waals surface area contributed by atoms with Crippen LogP contribution in [0.4, 0.5) is 11.5 Å². The van der Waals surface area contributed by atoms with Crippen LogP contribution in [0.1, 0.15) is 0 Å². The van der Waals surface area contributed by atoms with E-state index in [1.54, 1.807) is 31.4 Å². The molecule has 0 spiro atoms. The number of fused-ring (bicyclic) bond motifs is 1. The molecule has 9 nitrogen and oxygen atoms in total. The predicted molar refractivity (Wildman–Crippen MR) is 131 cm³/mol. The van der Waals surface area contributed by atoms with Crippen molar-refractivity contribution in [3.05, 3.63) is 89.6 Å². The molecule has 0 saturated carbocycles. The number of nitrogens with zero attached hydrogens (tertiary/aromatic N) is 4. The summed E-state index contributed by atoms with van der Waals surface area (Å²) in [5.74, 6) is 2.25. The van der Waals surface area contributed by atoms with Gasteiger partial charge in [0.25, 0.3) is 0 Å². The number of imidazole rings is 1. The second kappa shape index (κ2) is 8.62. The number of hydrogen-bond donors (Lipinski definition) is 2. The maximum absolute atomic E-state index is 13.6. The minimum atomic E-state index is -0.306. The standard InChI is InChI=1S/C25H22N6O3/c1-27-16-4-3-5-18(14-16)31-24-22(23(26)28-15-29-24)30(25(31)32)17-6-8-20(9-7-17)34-21-12-10-19(33-2)11-13-21/h3-15,27H,1-2H3,(H2,26,28,29). The van der Waals surface area contributed by atoms with Gasteiger partial charge in [0.1, 0.15) is 29.1 Å². The van der Waals surface area contributed by atoms with Gasteiger partial charge in [-0.3, -0.25) is 4.57 Å². The van der Waals surface area contributed by atoms with Crippen molar-refractivity contribution < 1.29 is 9.47 Å². The van der Waals surface area contributed by atoms with Crippen LogP contribution in [-0.4, -0.2) is 33.3 Å². The SMILES string of the molecule is CNc1cccc(-n2c(=O)n(-c3ccc(Oc4ccc(OC)cc4)cc3)c3c(N)ncnc32)c1. The molecular formula is C25H22N6O3. The van der Waals surface area contributed by atoms with Crippen molar-refractivity contribution in [2.24, 2.45) is 0 Å². The first-order chi connectivity index (χ1) is 16.6. The number of methoxy groups -OCH3 is 1. The molecule has 0 aliphatic heterocycles. The summed E-state index contributed by atoms with van der Waals surface area (Å²) in [6.45, 7) is 0. The van der Waals surface area contributed by atoms with E-state index in [4.69, 9.17) is 15.2 Å². The molecule has 0 atom stereocenters. The molecular weight excluding hydrogens is 432 g/mol. The first-order valence-corrected chi connectivity index (χ1v) is 10.5. The fourth-order valence-corrected chi connectivity index (χ4v) is 3.76. The van der Waals surface area contributed by atoms with E-state index in [2.05, 4.69) is 15.3 Å². The van der Waals surface area contributed by atoms with Gasteiger partial charge in [0, 0.05) is 12.7 Å². The maximum atomic E-state index is 13.6. The highest BCUT2D eigenvalue weighted by Gasteiger charge is 2.20. The molecule has 0 radical (unpaired) electrons. The third kappa shape index (κ3) is 3.69. The minimum Gasteiger partial charge on any atom is -0.497 e. The lowest BCUT2D eigenvalue weighted by molar-refractivity contribution is 0.413. The fourth-order valence-electron chi connectivity index (χ4n) is 3.76. The van der Waals surface area contributed by atoms with E-state index >= 15 is 0 Å². The highest BCUT2D eigenvalue weighted by molar-refractivity contribution is 5.85. The Labute approximate surface area is 195 Å². The van der Waals surface area contributed by atoms with Crippen molar-refractivity contribution >= 4 is 22.7 Å². The number of nitrogens with one attached hydrogen (secondary N) is 1. The van der Waals surface area contributed by atoms with E-state index < -0.39 is 0 Å². The summed E-state index contributed by atoms with van der Waals surface area (Å²) in [5.41, 5.74) is 8.89. The third-order valence-corrected chi connectivity index (χ3v) is 5.43. The Morgan fingerprint density at radius 3 is 2.21 bits per heavy atom. The second-order valence-corrected chi connectivity index (χ2v) is 7.46. The van der Waals surface area contributed by atoms with Gasteiger partial charge in [-0.05, 0) is 66.7 Å². The van der Waals surface area contributed by atoms with E-state index in [0.29, 0.717) is 34.0 Å². The Hall–Kier alpha value is -4.79. The zero-order valence-electron chi connectivity index (χ0n) is 18.6. The van der Waals surface area contributed by atoms with Gasteiger partial charge in [0.2, 0.25) is 0 Å². The summed E-state index contributed by atoms with van der Waals surface area (Å²) in [6.07, 6.45) is 1.35. The zero-order chi connectivity index (χ0) is 23.7. The van der Waals surface area contributed by atoms with Crippen LogP contribution < -0.4 is 26.2 Å². The number of nitrogens with two attached hydrogens (primary N) is 1. The molecule has 170 valence electrons. The Morgan fingerprint density at radius 2 is 1.53 bits per heavy atom. The molecule has 0 saturated heterocycles. The molecule has 0 amide bonds. The number of anilines is 2. The maximum Gasteiger partial charge on any atom is 0.339 e. The molecule has 3 N–H and O–H groups in total. The van der Waals surface area contributed by atoms with E-state index in [0.717, 1.165) is 11.4 Å². The van der Waals surface area contributed by atoms with Crippen LogP contribution in [0.15, 0.2) is 83.9 Å². The number of nitrogen functional groups attached to an aromatic ring is 1. The normalized spacial score (nSPS) is 10.9. The zero-order valence-corrected chi connectivity index (χ0v) is 18.6. The van der Waals surface area contributed by atoms with Crippen molar-refractivity contribution in [1.82, 2.24) is 19.1 Å². The summed E-state index contributed by atoms with van der Waals surface area (Å²) >= 11 is 0. The smallest absolute Gasteiger partial charge is 0.339 e. The number of benzene rings is 3. The Bertz CT molecular complexity index is 1520. The third-order valence-electron chi connectivity index (χ3n) is 5.43. The number of rotatable bonds is 6. The molecule has 5 rings (SSSR count). The molecule has 3 aromatic carbocycles. The Balaban J connectivity index is 1.58. The first-order valence-electron chi connectivity index (χ1n) is 10.5. The van der Waals surface area contributed by atoms with Crippen molar-refractivity contribution in [3.8, 4) is 28.6 Å². The second-order valence-electron chi connectivity index (χ2n) is 7.46. The summed E-state index contributed by atoms with van der Waals surface area (Å²) in [7, 11) is 3.43. The van der Waals surface area contributed by atoms with Crippen molar-refractivity contribution in [3.63, 3.8) is 0 Å². The average Bonchev–Trinajstić information content (AvgIpc) is 3.18. The topological polar surface area (TPSA) is 109 Å². The van der Waals surface area contributed by atoms with Crippen LogP contribution in [0.25, 0.3) is 22.5 Å². The lowest BCUT2D eigenvalue weighted by Gasteiger charge is -2.08. The van der Waals surface area contributed by atoms with Crippen LogP contribution in [-0.2, 0) is 0 Å². The van der Waals surface area contributed by atoms with Gasteiger partial charge in [0.05, 0.1) is 18.5 Å². The molecule has 2 heterocycles. The van der Waals surface area contributed by atoms with Gasteiger partial charge >= 0.3 is 5.69 Å². The van der Waals surface area contributed by atoms with Gasteiger partial charge in [-0.25, -0.2) is 19.3 Å². The van der Waals surface area contributed by atoms with Gasteiger partial charge in [0.15, 0.2) is 11.5 Å². The molecule has 34 heavy (non-hydrogen) atoms.